The Hall–Kier alpha value is -6.78. The van der Waals surface area contributed by atoms with E-state index in [1.54, 1.807) is 46.8 Å². The third-order valence-electron chi connectivity index (χ3n) is 12.3. The van der Waals surface area contributed by atoms with E-state index in [1.165, 1.54) is 36.7 Å². The van der Waals surface area contributed by atoms with Gasteiger partial charge in [-0.2, -0.15) is 0 Å². The maximum absolute atomic E-state index is 14.5. The molecular weight excluding hydrogens is 897 g/mol. The van der Waals surface area contributed by atoms with Crippen molar-refractivity contribution in [3.8, 4) is 5.75 Å². The van der Waals surface area contributed by atoms with Gasteiger partial charge in [0, 0.05) is 44.7 Å². The number of nitrogens with zero attached hydrogens (tertiary/aromatic N) is 4. The van der Waals surface area contributed by atoms with E-state index in [2.05, 4.69) is 41.5 Å². The minimum atomic E-state index is -1.43. The number of phenolic OH excluding ortho intramolecular Hbond substituents is 1. The van der Waals surface area contributed by atoms with Gasteiger partial charge in [-0.3, -0.25) is 43.8 Å². The van der Waals surface area contributed by atoms with E-state index in [0.717, 1.165) is 6.92 Å². The fourth-order valence-electron chi connectivity index (χ4n) is 7.78. The molecule has 2 heterocycles. The van der Waals surface area contributed by atoms with Crippen LogP contribution in [0.15, 0.2) is 41.8 Å². The van der Waals surface area contributed by atoms with Crippen LogP contribution >= 0.6 is 0 Å². The van der Waals surface area contributed by atoms with Gasteiger partial charge in [0.1, 0.15) is 48.0 Å². The van der Waals surface area contributed by atoms with Gasteiger partial charge < -0.3 is 57.8 Å². The van der Waals surface area contributed by atoms with Crippen LogP contribution in [-0.4, -0.2) is 146 Å². The number of carbonyl (C=O) groups excluding carboxylic acids is 8. The number of carbonyl (C=O) groups is 8. The Balaban J connectivity index is 1.93. The molecule has 23 heteroatoms. The average molecular weight is 969 g/mol. The van der Waals surface area contributed by atoms with Crippen molar-refractivity contribution in [2.45, 2.75) is 142 Å². The largest absolute Gasteiger partial charge is 0.508 e. The summed E-state index contributed by atoms with van der Waals surface area (Å²) >= 11 is 0. The number of likely N-dealkylation sites (tertiary alicyclic amines) is 1. The van der Waals surface area contributed by atoms with Crippen molar-refractivity contribution >= 4 is 53.3 Å². The van der Waals surface area contributed by atoms with Gasteiger partial charge in [0.2, 0.25) is 41.4 Å². The quantitative estimate of drug-likeness (QED) is 0.0147. The fourth-order valence-corrected chi connectivity index (χ4v) is 7.78. The molecule has 2 aromatic rings. The number of aromatic nitrogens is 2. The minimum Gasteiger partial charge on any atom is -0.508 e. The fraction of sp³-hybridized carbons (Fsp3) is 0.609. The number of hydroxylamine groups is 2. The maximum Gasteiger partial charge on any atom is 0.328 e. The third kappa shape index (κ3) is 16.7. The van der Waals surface area contributed by atoms with Gasteiger partial charge in [-0.1, -0.05) is 66.5 Å². The molecule has 0 radical (unpaired) electrons. The van der Waals surface area contributed by atoms with E-state index in [-0.39, 0.29) is 61.5 Å². The number of nitrogens with two attached hydrogens (primary N) is 2. The van der Waals surface area contributed by atoms with Gasteiger partial charge in [-0.05, 0) is 61.1 Å². The zero-order chi connectivity index (χ0) is 51.5. The number of aromatic hydroxyl groups is 1. The summed E-state index contributed by atoms with van der Waals surface area (Å²) < 4.78 is 4.94. The molecule has 3 rings (SSSR count). The summed E-state index contributed by atoms with van der Waals surface area (Å²) in [6.07, 6.45) is 4.54. The minimum absolute atomic E-state index is 0.0483. The first kappa shape index (κ1) is 56.5. The predicted octanol–water partition coefficient (Wildman–Crippen LogP) is -0.103. The van der Waals surface area contributed by atoms with E-state index >= 15 is 0 Å². The second-order valence-corrected chi connectivity index (χ2v) is 17.8. The van der Waals surface area contributed by atoms with Crippen molar-refractivity contribution < 1.29 is 53.4 Å². The van der Waals surface area contributed by atoms with E-state index in [4.69, 9.17) is 16.2 Å². The van der Waals surface area contributed by atoms with Crippen LogP contribution in [0.4, 0.5) is 0 Å². The number of ether oxygens (including phenoxy) is 1. The number of esters is 1. The number of phenols is 1. The van der Waals surface area contributed by atoms with E-state index in [1.807, 2.05) is 6.92 Å². The van der Waals surface area contributed by atoms with Crippen molar-refractivity contribution in [1.29, 1.82) is 0 Å². The lowest BCUT2D eigenvalue weighted by Gasteiger charge is -2.32. The van der Waals surface area contributed by atoms with Gasteiger partial charge in [0.25, 0.3) is 0 Å². The Labute approximate surface area is 402 Å². The highest BCUT2D eigenvalue weighted by atomic mass is 16.5. The highest BCUT2D eigenvalue weighted by Crippen LogP contribution is 2.22. The number of aliphatic imine (C=N–C) groups is 1. The van der Waals surface area contributed by atoms with Crippen molar-refractivity contribution in [3.05, 3.63) is 48.0 Å². The number of benzene rings is 1. The Morgan fingerprint density at radius 3 is 2.03 bits per heavy atom. The number of guanidine groups is 1. The number of methoxy groups -OCH3 is 1. The number of hydrogen-bond acceptors (Lipinski definition) is 13. The second-order valence-electron chi connectivity index (χ2n) is 17.8. The zero-order valence-corrected chi connectivity index (χ0v) is 40.8. The highest BCUT2D eigenvalue weighted by molar-refractivity contribution is 5.98. The topological polar surface area (TPSA) is 346 Å². The molecule has 0 spiro atoms. The van der Waals surface area contributed by atoms with Gasteiger partial charge in [-0.25, -0.2) is 14.8 Å². The summed E-state index contributed by atoms with van der Waals surface area (Å²) in [7, 11) is 1.23. The number of nitrogens with one attached hydrogen (secondary N) is 6. The molecule has 1 saturated heterocycles. The van der Waals surface area contributed by atoms with Crippen molar-refractivity contribution in [2.75, 3.05) is 20.2 Å². The molecule has 23 nitrogen and oxygen atoms in total. The molecule has 69 heavy (non-hydrogen) atoms. The molecule has 1 aliphatic rings. The summed E-state index contributed by atoms with van der Waals surface area (Å²) in [6, 6.07) is -2.64. The van der Waals surface area contributed by atoms with Gasteiger partial charge >= 0.3 is 5.97 Å². The Kier molecular flexibility index (Phi) is 22.4. The first-order chi connectivity index (χ1) is 32.6. The van der Waals surface area contributed by atoms with Crippen LogP contribution in [0.3, 0.4) is 0 Å². The number of aromatic amines is 1. The standard InChI is InChI=1S/C46H72N12O11/c1-9-26(5)37(43(65)53-33(22-30-23-49-24-51-30)44(66)57-20-12-14-34(57)40(62)56-38(27(6)10-2)45(67)69-8)55-39(61)32(21-29-15-17-31(60)18-16-29)52-42(64)36(25(3)4)54-41(63)35(58(68)28(7)59)13-11-19-50-46(47)48/h15-18,23-27,32-38,60,68H,9-14,19-22H2,1-8H3,(H,49,51)(H,52,64)(H,53,65)(H,54,63)(H,55,61)(H,56,62)(H4,47,48,50)/t26-,27-,32-,33-,34-,35-,36-,37-,38-/m0/s1. The summed E-state index contributed by atoms with van der Waals surface area (Å²) in [4.78, 5) is 122. The molecular formula is C46H72N12O11. The monoisotopic (exact) mass is 969 g/mol. The number of H-pyrrole nitrogens is 1. The number of amides is 7. The van der Waals surface area contributed by atoms with Gasteiger partial charge in [0.05, 0.1) is 13.4 Å². The summed E-state index contributed by atoms with van der Waals surface area (Å²) in [5, 5.41) is 34.5. The SMILES string of the molecule is CC[C@H](C)[C@H](NC(=O)[C@H](Cc1ccc(O)cc1)NC(=O)[C@@H](NC(=O)[C@H](CCCN=C(N)N)N(O)C(C)=O)C(C)C)C(=O)N[C@@H](Cc1cnc[nH]1)C(=O)N1CCC[C@H]1C(=O)N[C@H](C(=O)OC)[C@@H](C)CC. The number of hydrogen-bond donors (Lipinski definition) is 10. The lowest BCUT2D eigenvalue weighted by molar-refractivity contribution is -0.178. The average Bonchev–Trinajstić information content (AvgIpc) is 4.03. The summed E-state index contributed by atoms with van der Waals surface area (Å²) in [5.74, 6) is -7.37. The van der Waals surface area contributed by atoms with Gasteiger partial charge in [-0.15, -0.1) is 0 Å². The highest BCUT2D eigenvalue weighted by Gasteiger charge is 2.41. The molecule has 1 fully saturated rings. The van der Waals surface area contributed by atoms with Crippen LogP contribution < -0.4 is 38.1 Å². The number of imidazole rings is 1. The zero-order valence-electron chi connectivity index (χ0n) is 40.8. The van der Waals surface area contributed by atoms with Gasteiger partial charge in [0.15, 0.2) is 5.96 Å². The molecule has 9 atom stereocenters. The van der Waals surface area contributed by atoms with Crippen molar-refractivity contribution in [2.24, 2.45) is 34.2 Å². The molecule has 1 aromatic carbocycles. The molecule has 0 bridgehead atoms. The third-order valence-corrected chi connectivity index (χ3v) is 12.3. The van der Waals surface area contributed by atoms with Crippen LogP contribution in [0.25, 0.3) is 0 Å². The van der Waals surface area contributed by atoms with Crippen molar-refractivity contribution in [3.63, 3.8) is 0 Å². The summed E-state index contributed by atoms with van der Waals surface area (Å²) in [6.45, 7) is 11.8. The maximum atomic E-state index is 14.5. The van der Waals surface area contributed by atoms with Crippen LogP contribution in [-0.2, 0) is 55.9 Å². The van der Waals surface area contributed by atoms with Crippen LogP contribution in [0.2, 0.25) is 0 Å². The number of rotatable bonds is 26. The molecule has 382 valence electrons. The smallest absolute Gasteiger partial charge is 0.328 e. The Morgan fingerprint density at radius 2 is 1.46 bits per heavy atom. The molecule has 12 N–H and O–H groups in total. The van der Waals surface area contributed by atoms with E-state index in [0.29, 0.717) is 36.9 Å². The molecule has 0 unspecified atom stereocenters. The predicted molar refractivity (Wildman–Crippen MR) is 252 cm³/mol. The molecule has 0 aliphatic carbocycles. The van der Waals surface area contributed by atoms with Crippen LogP contribution in [0.1, 0.15) is 98.2 Å². The normalized spacial score (nSPS) is 16.8. The molecule has 1 aliphatic heterocycles. The van der Waals surface area contributed by atoms with Crippen LogP contribution in [0, 0.1) is 17.8 Å². The van der Waals surface area contributed by atoms with E-state index in [9.17, 15) is 48.7 Å². The first-order valence-electron chi connectivity index (χ1n) is 23.3. The van der Waals surface area contributed by atoms with Crippen molar-refractivity contribution in [1.82, 2.24) is 46.5 Å². The lowest BCUT2D eigenvalue weighted by atomic mass is 9.96. The molecule has 7 amide bonds. The molecule has 1 aromatic heterocycles. The lowest BCUT2D eigenvalue weighted by Crippen LogP contribution is -2.62. The van der Waals surface area contributed by atoms with Crippen LogP contribution in [0.5, 0.6) is 5.75 Å². The van der Waals surface area contributed by atoms with E-state index < -0.39 is 101 Å². The Bertz CT molecular complexity index is 2080. The first-order valence-corrected chi connectivity index (χ1v) is 23.3. The second kappa shape index (κ2) is 27.3. The molecule has 0 saturated carbocycles. The Morgan fingerprint density at radius 1 is 0.855 bits per heavy atom. The summed E-state index contributed by atoms with van der Waals surface area (Å²) in [5.41, 5.74) is 11.8.